The highest BCUT2D eigenvalue weighted by molar-refractivity contribution is 5.06. The molecule has 1 aliphatic rings. The Morgan fingerprint density at radius 1 is 1.56 bits per heavy atom. The highest BCUT2D eigenvalue weighted by Gasteiger charge is 2.17. The van der Waals surface area contributed by atoms with Crippen LogP contribution in [0.2, 0.25) is 0 Å². The number of hydrogen-bond acceptors (Lipinski definition) is 2. The molecule has 1 aliphatic carbocycles. The minimum atomic E-state index is -0.164. The van der Waals surface area contributed by atoms with Crippen molar-refractivity contribution in [1.82, 2.24) is 5.32 Å². The maximum absolute atomic E-state index is 9.61. The van der Waals surface area contributed by atoms with Gasteiger partial charge in [0, 0.05) is 6.54 Å². The average Bonchev–Trinajstić information content (AvgIpc) is 2.16. The summed E-state index contributed by atoms with van der Waals surface area (Å²) in [6, 6.07) is 0. The van der Waals surface area contributed by atoms with Crippen LogP contribution in [0.1, 0.15) is 46.5 Å². The van der Waals surface area contributed by atoms with Crippen LogP contribution in [0.25, 0.3) is 0 Å². The predicted molar refractivity (Wildman–Crippen MR) is 69.4 cm³/mol. The van der Waals surface area contributed by atoms with E-state index in [9.17, 15) is 5.11 Å². The Kier molecular flexibility index (Phi) is 6.07. The van der Waals surface area contributed by atoms with Crippen molar-refractivity contribution in [3.05, 3.63) is 11.6 Å². The molecule has 0 aliphatic heterocycles. The summed E-state index contributed by atoms with van der Waals surface area (Å²) >= 11 is 0. The molecule has 0 aromatic heterocycles. The molecule has 0 heterocycles. The van der Waals surface area contributed by atoms with E-state index in [0.717, 1.165) is 37.8 Å². The van der Waals surface area contributed by atoms with E-state index in [1.54, 1.807) is 0 Å². The Labute approximate surface area is 100 Å². The molecule has 0 radical (unpaired) electrons. The smallest absolute Gasteiger partial charge is 0.0664 e. The summed E-state index contributed by atoms with van der Waals surface area (Å²) in [5.41, 5.74) is 1.53. The normalized spacial score (nSPS) is 27.6. The third-order valence-electron chi connectivity index (χ3n) is 3.32. The van der Waals surface area contributed by atoms with Gasteiger partial charge in [0.15, 0.2) is 0 Å². The Morgan fingerprint density at radius 3 is 2.94 bits per heavy atom. The van der Waals surface area contributed by atoms with Gasteiger partial charge in [0.2, 0.25) is 0 Å². The average molecular weight is 225 g/mol. The van der Waals surface area contributed by atoms with Crippen molar-refractivity contribution >= 4 is 0 Å². The van der Waals surface area contributed by atoms with Gasteiger partial charge in [-0.05, 0) is 44.6 Å². The fourth-order valence-electron chi connectivity index (χ4n) is 2.73. The number of nitrogens with one attached hydrogen (secondary N) is 1. The lowest BCUT2D eigenvalue weighted by atomic mass is 9.84. The zero-order valence-corrected chi connectivity index (χ0v) is 11.0. The molecule has 94 valence electrons. The zero-order valence-electron chi connectivity index (χ0n) is 11.0. The van der Waals surface area contributed by atoms with E-state index in [-0.39, 0.29) is 6.10 Å². The van der Waals surface area contributed by atoms with Gasteiger partial charge in [-0.1, -0.05) is 31.9 Å². The zero-order chi connectivity index (χ0) is 12.0. The number of allylic oxidation sites excluding steroid dienone is 2. The highest BCUT2D eigenvalue weighted by atomic mass is 16.3. The van der Waals surface area contributed by atoms with Crippen LogP contribution < -0.4 is 5.32 Å². The van der Waals surface area contributed by atoms with Crippen LogP contribution in [0.3, 0.4) is 0 Å². The van der Waals surface area contributed by atoms with Crippen molar-refractivity contribution < 1.29 is 5.11 Å². The van der Waals surface area contributed by atoms with Crippen LogP contribution in [0.5, 0.6) is 0 Å². The first kappa shape index (κ1) is 13.7. The van der Waals surface area contributed by atoms with Crippen LogP contribution in [0, 0.1) is 11.8 Å². The molecule has 3 atom stereocenters. The second-order valence-corrected chi connectivity index (χ2v) is 5.40. The van der Waals surface area contributed by atoms with E-state index in [1.165, 1.54) is 18.4 Å². The molecular weight excluding hydrogens is 198 g/mol. The lowest BCUT2D eigenvalue weighted by Crippen LogP contribution is -2.32. The van der Waals surface area contributed by atoms with Gasteiger partial charge >= 0.3 is 0 Å². The molecule has 0 saturated heterocycles. The van der Waals surface area contributed by atoms with Gasteiger partial charge in [0.05, 0.1) is 6.10 Å². The van der Waals surface area contributed by atoms with Crippen LogP contribution >= 0.6 is 0 Å². The van der Waals surface area contributed by atoms with Gasteiger partial charge in [-0.3, -0.25) is 0 Å². The Balaban J connectivity index is 2.16. The summed E-state index contributed by atoms with van der Waals surface area (Å²) in [4.78, 5) is 0. The molecule has 2 nitrogen and oxygen atoms in total. The Morgan fingerprint density at radius 2 is 2.31 bits per heavy atom. The summed E-state index contributed by atoms with van der Waals surface area (Å²) in [7, 11) is 0. The summed E-state index contributed by atoms with van der Waals surface area (Å²) in [5.74, 6) is 1.48. The number of aliphatic hydroxyl groups excluding tert-OH is 1. The van der Waals surface area contributed by atoms with Gasteiger partial charge in [-0.25, -0.2) is 0 Å². The van der Waals surface area contributed by atoms with E-state index >= 15 is 0 Å². The third-order valence-corrected chi connectivity index (χ3v) is 3.32. The van der Waals surface area contributed by atoms with Crippen LogP contribution in [-0.4, -0.2) is 24.3 Å². The van der Waals surface area contributed by atoms with Crippen LogP contribution in [0.4, 0.5) is 0 Å². The van der Waals surface area contributed by atoms with Gasteiger partial charge in [-0.2, -0.15) is 0 Å². The van der Waals surface area contributed by atoms with Crippen molar-refractivity contribution in [1.29, 1.82) is 0 Å². The maximum atomic E-state index is 9.61. The van der Waals surface area contributed by atoms with Crippen LogP contribution in [-0.2, 0) is 0 Å². The molecule has 2 N–H and O–H groups in total. The monoisotopic (exact) mass is 225 g/mol. The molecule has 3 unspecified atom stereocenters. The van der Waals surface area contributed by atoms with E-state index in [4.69, 9.17) is 0 Å². The first-order valence-electron chi connectivity index (χ1n) is 6.67. The van der Waals surface area contributed by atoms with Gasteiger partial charge < -0.3 is 10.4 Å². The summed E-state index contributed by atoms with van der Waals surface area (Å²) in [5, 5.41) is 13.0. The van der Waals surface area contributed by atoms with Crippen molar-refractivity contribution in [2.24, 2.45) is 11.8 Å². The maximum Gasteiger partial charge on any atom is 0.0664 e. The Bertz CT molecular complexity index is 225. The van der Waals surface area contributed by atoms with E-state index in [2.05, 4.69) is 32.2 Å². The first-order chi connectivity index (χ1) is 7.61. The molecule has 16 heavy (non-hydrogen) atoms. The molecule has 0 bridgehead atoms. The van der Waals surface area contributed by atoms with Crippen molar-refractivity contribution in [3.8, 4) is 0 Å². The quantitative estimate of drug-likeness (QED) is 0.681. The van der Waals surface area contributed by atoms with Crippen molar-refractivity contribution in [2.75, 3.05) is 13.1 Å². The number of aliphatic hydroxyl groups is 1. The molecule has 0 fully saturated rings. The second kappa shape index (κ2) is 7.08. The summed E-state index contributed by atoms with van der Waals surface area (Å²) < 4.78 is 0. The molecular formula is C14H27NO. The molecule has 0 saturated carbocycles. The molecule has 0 aromatic rings. The first-order valence-corrected chi connectivity index (χ1v) is 6.67. The third kappa shape index (κ3) is 5.13. The lowest BCUT2D eigenvalue weighted by molar-refractivity contribution is 0.158. The Hall–Kier alpha value is -0.340. The molecule has 2 heteroatoms. The topological polar surface area (TPSA) is 32.3 Å². The van der Waals surface area contributed by atoms with Crippen molar-refractivity contribution in [2.45, 2.75) is 52.6 Å². The predicted octanol–water partition coefficient (Wildman–Crippen LogP) is 2.73. The fourth-order valence-corrected chi connectivity index (χ4v) is 2.73. The van der Waals surface area contributed by atoms with E-state index in [0.29, 0.717) is 0 Å². The fraction of sp³-hybridized carbons (Fsp3) is 0.857. The summed E-state index contributed by atoms with van der Waals surface area (Å²) in [6.45, 7) is 8.44. The molecule has 1 rings (SSSR count). The largest absolute Gasteiger partial charge is 0.392 e. The van der Waals surface area contributed by atoms with Gasteiger partial charge in [0.1, 0.15) is 0 Å². The minimum absolute atomic E-state index is 0.164. The van der Waals surface area contributed by atoms with E-state index in [1.807, 2.05) is 0 Å². The van der Waals surface area contributed by atoms with E-state index < -0.39 is 0 Å². The molecule has 0 amide bonds. The van der Waals surface area contributed by atoms with Crippen LogP contribution in [0.15, 0.2) is 11.6 Å². The summed E-state index contributed by atoms with van der Waals surface area (Å²) in [6.07, 6.45) is 6.71. The van der Waals surface area contributed by atoms with Gasteiger partial charge in [0.25, 0.3) is 0 Å². The number of rotatable bonds is 6. The lowest BCUT2D eigenvalue weighted by Gasteiger charge is -2.26. The minimum Gasteiger partial charge on any atom is -0.392 e. The SMILES string of the molecule is CCCC(O)CNCC1CC(C)=CC(C)C1. The highest BCUT2D eigenvalue weighted by Crippen LogP contribution is 2.27. The second-order valence-electron chi connectivity index (χ2n) is 5.40. The van der Waals surface area contributed by atoms with Crippen molar-refractivity contribution in [3.63, 3.8) is 0 Å². The number of hydrogen-bond donors (Lipinski definition) is 2. The standard InChI is InChI=1S/C14H27NO/c1-4-5-14(16)10-15-9-13-7-11(2)6-12(3)8-13/h6,11,13-16H,4-5,7-10H2,1-3H3. The molecule has 0 aromatic carbocycles. The molecule has 0 spiro atoms. The van der Waals surface area contributed by atoms with Gasteiger partial charge in [-0.15, -0.1) is 0 Å².